The topological polar surface area (TPSA) is 84.9 Å². The molecule has 2 fully saturated rings. The van der Waals surface area contributed by atoms with Crippen LogP contribution in [0.5, 0.6) is 0 Å². The SMILES string of the molecule is O=C1CC(NC(=O)OCc2ccccc2)C2(CCN(C(=O)OCc3ccccc3)CC2)C1. The van der Waals surface area contributed by atoms with Crippen LogP contribution >= 0.6 is 0 Å². The van der Waals surface area contributed by atoms with Crippen molar-refractivity contribution >= 4 is 18.0 Å². The van der Waals surface area contributed by atoms with Crippen LogP contribution in [0, 0.1) is 5.41 Å². The number of carbonyl (C=O) groups excluding carboxylic acids is 3. The van der Waals surface area contributed by atoms with Crippen LogP contribution in [0.25, 0.3) is 0 Å². The zero-order valence-corrected chi connectivity index (χ0v) is 18.0. The van der Waals surface area contributed by atoms with Crippen LogP contribution < -0.4 is 5.32 Å². The Balaban J connectivity index is 1.28. The summed E-state index contributed by atoms with van der Waals surface area (Å²) in [4.78, 5) is 38.8. The molecule has 1 saturated heterocycles. The van der Waals surface area contributed by atoms with E-state index in [1.165, 1.54) is 0 Å². The number of rotatable bonds is 5. The van der Waals surface area contributed by atoms with E-state index in [1.54, 1.807) is 4.90 Å². The molecular weight excluding hydrogens is 408 g/mol. The molecule has 1 aliphatic carbocycles. The number of benzene rings is 2. The number of carbonyl (C=O) groups is 3. The fourth-order valence-electron chi connectivity index (χ4n) is 4.61. The van der Waals surface area contributed by atoms with Crippen LogP contribution in [-0.4, -0.2) is 42.0 Å². The van der Waals surface area contributed by atoms with E-state index < -0.39 is 6.09 Å². The van der Waals surface area contributed by atoms with Gasteiger partial charge < -0.3 is 19.7 Å². The van der Waals surface area contributed by atoms with E-state index in [4.69, 9.17) is 9.47 Å². The number of piperidine rings is 1. The summed E-state index contributed by atoms with van der Waals surface area (Å²) >= 11 is 0. The number of alkyl carbamates (subject to hydrolysis) is 1. The third kappa shape index (κ3) is 5.28. The molecule has 0 radical (unpaired) electrons. The van der Waals surface area contributed by atoms with E-state index in [9.17, 15) is 14.4 Å². The van der Waals surface area contributed by atoms with Gasteiger partial charge in [-0.1, -0.05) is 60.7 Å². The van der Waals surface area contributed by atoms with Gasteiger partial charge in [0.25, 0.3) is 0 Å². The van der Waals surface area contributed by atoms with Crippen molar-refractivity contribution in [2.75, 3.05) is 13.1 Å². The number of hydrogen-bond donors (Lipinski definition) is 1. The van der Waals surface area contributed by atoms with Gasteiger partial charge in [-0.25, -0.2) is 9.59 Å². The summed E-state index contributed by atoms with van der Waals surface area (Å²) < 4.78 is 10.8. The summed E-state index contributed by atoms with van der Waals surface area (Å²) in [5.41, 5.74) is 1.51. The van der Waals surface area contributed by atoms with Gasteiger partial charge in [0, 0.05) is 37.4 Å². The molecule has 1 N–H and O–H groups in total. The summed E-state index contributed by atoms with van der Waals surface area (Å²) in [6.07, 6.45) is 1.14. The predicted octanol–water partition coefficient (Wildman–Crippen LogP) is 4.06. The highest BCUT2D eigenvalue weighted by molar-refractivity contribution is 5.84. The monoisotopic (exact) mass is 436 g/mol. The van der Waals surface area contributed by atoms with Crippen molar-refractivity contribution in [3.63, 3.8) is 0 Å². The molecule has 32 heavy (non-hydrogen) atoms. The number of hydrogen-bond acceptors (Lipinski definition) is 5. The largest absolute Gasteiger partial charge is 0.445 e. The first-order chi connectivity index (χ1) is 15.5. The molecule has 7 heteroatoms. The standard InChI is InChI=1S/C25H28N2O5/c28-21-15-22(26-23(29)31-17-19-7-3-1-4-8-19)25(16-21)11-13-27(14-12-25)24(30)32-18-20-9-5-2-6-10-20/h1-10,22H,11-18H2,(H,26,29). The summed E-state index contributed by atoms with van der Waals surface area (Å²) in [5, 5.41) is 2.91. The van der Waals surface area contributed by atoms with Crippen molar-refractivity contribution in [1.29, 1.82) is 0 Å². The van der Waals surface area contributed by atoms with Gasteiger partial charge in [-0.05, 0) is 24.0 Å². The molecule has 168 valence electrons. The van der Waals surface area contributed by atoms with Gasteiger partial charge in [-0.15, -0.1) is 0 Å². The maximum Gasteiger partial charge on any atom is 0.410 e. The van der Waals surface area contributed by atoms with Crippen LogP contribution in [0.2, 0.25) is 0 Å². The molecule has 4 rings (SSSR count). The molecular formula is C25H28N2O5. The quantitative estimate of drug-likeness (QED) is 0.764. The minimum absolute atomic E-state index is 0.137. The van der Waals surface area contributed by atoms with Crippen LogP contribution in [0.1, 0.15) is 36.8 Å². The minimum Gasteiger partial charge on any atom is -0.445 e. The first-order valence-electron chi connectivity index (χ1n) is 11.0. The number of ether oxygens (including phenoxy) is 2. The van der Waals surface area contributed by atoms with Gasteiger partial charge in [0.15, 0.2) is 0 Å². The number of likely N-dealkylation sites (tertiary alicyclic amines) is 1. The van der Waals surface area contributed by atoms with E-state index in [1.807, 2.05) is 60.7 Å². The Hall–Kier alpha value is -3.35. The van der Waals surface area contributed by atoms with Crippen LogP contribution in [0.4, 0.5) is 9.59 Å². The molecule has 2 aliphatic rings. The number of amides is 2. The van der Waals surface area contributed by atoms with E-state index in [-0.39, 0.29) is 36.5 Å². The van der Waals surface area contributed by atoms with Crippen molar-refractivity contribution in [2.45, 2.75) is 44.9 Å². The molecule has 1 heterocycles. The molecule has 2 aromatic rings. The van der Waals surface area contributed by atoms with Gasteiger partial charge in [-0.2, -0.15) is 0 Å². The molecule has 1 aliphatic heterocycles. The summed E-state index contributed by atoms with van der Waals surface area (Å²) in [5.74, 6) is 0.137. The molecule has 2 amide bonds. The zero-order valence-electron chi connectivity index (χ0n) is 18.0. The minimum atomic E-state index is -0.516. The maximum absolute atomic E-state index is 12.5. The van der Waals surface area contributed by atoms with Gasteiger partial charge in [0.1, 0.15) is 19.0 Å². The molecule has 0 aromatic heterocycles. The highest BCUT2D eigenvalue weighted by Gasteiger charge is 2.49. The number of nitrogens with one attached hydrogen (secondary N) is 1. The zero-order chi connectivity index (χ0) is 22.4. The third-order valence-electron chi connectivity index (χ3n) is 6.45. The molecule has 1 atom stereocenters. The Morgan fingerprint density at radius 1 is 0.906 bits per heavy atom. The van der Waals surface area contributed by atoms with Gasteiger partial charge >= 0.3 is 12.2 Å². The molecule has 1 unspecified atom stereocenters. The van der Waals surface area contributed by atoms with Crippen LogP contribution in [0.15, 0.2) is 60.7 Å². The first kappa shape index (κ1) is 21.9. The number of Topliss-reactive ketones (excluding diaryl/α,β-unsaturated/α-hetero) is 1. The fraction of sp³-hybridized carbons (Fsp3) is 0.400. The Bertz CT molecular complexity index is 939. The van der Waals surface area contributed by atoms with Crippen molar-refractivity contribution in [2.24, 2.45) is 5.41 Å². The highest BCUT2D eigenvalue weighted by Crippen LogP contribution is 2.45. The third-order valence-corrected chi connectivity index (χ3v) is 6.45. The van der Waals surface area contributed by atoms with Gasteiger partial charge in [0.2, 0.25) is 0 Å². The Morgan fingerprint density at radius 2 is 1.47 bits per heavy atom. The lowest BCUT2D eigenvalue weighted by molar-refractivity contribution is -0.118. The molecule has 2 aromatic carbocycles. The lowest BCUT2D eigenvalue weighted by Crippen LogP contribution is -2.51. The van der Waals surface area contributed by atoms with E-state index >= 15 is 0 Å². The lowest BCUT2D eigenvalue weighted by Gasteiger charge is -2.42. The molecule has 1 spiro atoms. The summed E-state index contributed by atoms with van der Waals surface area (Å²) in [6.45, 7) is 1.41. The van der Waals surface area contributed by atoms with Crippen LogP contribution in [0.3, 0.4) is 0 Å². The fourth-order valence-corrected chi connectivity index (χ4v) is 4.61. The van der Waals surface area contributed by atoms with Crippen molar-refractivity contribution in [1.82, 2.24) is 10.2 Å². The average molecular weight is 437 g/mol. The Morgan fingerprint density at radius 3 is 2.06 bits per heavy atom. The summed E-state index contributed by atoms with van der Waals surface area (Å²) in [7, 11) is 0. The van der Waals surface area contributed by atoms with E-state index in [0.29, 0.717) is 38.8 Å². The highest BCUT2D eigenvalue weighted by atomic mass is 16.6. The smallest absolute Gasteiger partial charge is 0.410 e. The molecule has 7 nitrogen and oxygen atoms in total. The molecule has 0 bridgehead atoms. The average Bonchev–Trinajstić information content (AvgIpc) is 3.11. The van der Waals surface area contributed by atoms with Gasteiger partial charge in [0.05, 0.1) is 0 Å². The number of nitrogens with zero attached hydrogens (tertiary/aromatic N) is 1. The van der Waals surface area contributed by atoms with Crippen molar-refractivity contribution in [3.8, 4) is 0 Å². The van der Waals surface area contributed by atoms with Crippen LogP contribution in [-0.2, 0) is 27.5 Å². The van der Waals surface area contributed by atoms with Gasteiger partial charge in [-0.3, -0.25) is 4.79 Å². The lowest BCUT2D eigenvalue weighted by atomic mass is 9.74. The van der Waals surface area contributed by atoms with E-state index in [0.717, 1.165) is 11.1 Å². The first-order valence-corrected chi connectivity index (χ1v) is 11.0. The van der Waals surface area contributed by atoms with Crippen molar-refractivity contribution in [3.05, 3.63) is 71.8 Å². The summed E-state index contributed by atoms with van der Waals surface area (Å²) in [6, 6.07) is 18.7. The number of ketones is 1. The Labute approximate surface area is 187 Å². The second-order valence-electron chi connectivity index (χ2n) is 8.57. The maximum atomic E-state index is 12.5. The predicted molar refractivity (Wildman–Crippen MR) is 118 cm³/mol. The second kappa shape index (κ2) is 9.85. The normalized spacial score (nSPS) is 19.6. The van der Waals surface area contributed by atoms with Crippen molar-refractivity contribution < 1.29 is 23.9 Å². The van der Waals surface area contributed by atoms with E-state index in [2.05, 4.69) is 5.32 Å². The Kier molecular flexibility index (Phi) is 6.73. The second-order valence-corrected chi connectivity index (χ2v) is 8.57. The molecule has 1 saturated carbocycles.